The van der Waals surface area contributed by atoms with Gasteiger partial charge in [0.25, 0.3) is 0 Å². The Hall–Kier alpha value is -3.01. The third-order valence-electron chi connectivity index (χ3n) is 6.12. The minimum absolute atomic E-state index is 0.176. The van der Waals surface area contributed by atoms with Crippen molar-refractivity contribution < 1.29 is 14.3 Å². The van der Waals surface area contributed by atoms with E-state index < -0.39 is 0 Å². The maximum atomic E-state index is 13.2. The molecule has 0 amide bonds. The van der Waals surface area contributed by atoms with Crippen LogP contribution in [0.25, 0.3) is 0 Å². The van der Waals surface area contributed by atoms with Crippen LogP contribution in [0.4, 0.5) is 0 Å². The minimum Gasteiger partial charge on any atom is -0.462 e. The van der Waals surface area contributed by atoms with Crippen molar-refractivity contribution in [2.75, 3.05) is 6.61 Å². The zero-order chi connectivity index (χ0) is 21.1. The molecule has 1 unspecified atom stereocenters. The van der Waals surface area contributed by atoms with E-state index in [0.29, 0.717) is 30.7 Å². The number of carbonyl (C=O) groups is 2. The summed E-state index contributed by atoms with van der Waals surface area (Å²) in [6.07, 6.45) is 2.84. The molecule has 2 atom stereocenters. The largest absolute Gasteiger partial charge is 0.462 e. The second kappa shape index (κ2) is 8.78. The Morgan fingerprint density at radius 2 is 1.73 bits per heavy atom. The van der Waals surface area contributed by atoms with Crippen LogP contribution in [0.3, 0.4) is 0 Å². The van der Waals surface area contributed by atoms with Crippen LogP contribution in [-0.4, -0.2) is 24.1 Å². The number of allylic oxidation sites excluding steroid dienone is 1. The van der Waals surface area contributed by atoms with Crippen molar-refractivity contribution in [1.29, 1.82) is 0 Å². The molecule has 2 aliphatic rings. The Balaban J connectivity index is 1.65. The second-order valence-corrected chi connectivity index (χ2v) is 8.11. The van der Waals surface area contributed by atoms with Crippen LogP contribution in [0, 0.1) is 12.8 Å². The Morgan fingerprint density at radius 3 is 2.50 bits per heavy atom. The molecular formula is C26H27NO3. The molecule has 0 radical (unpaired) electrons. The molecule has 4 nitrogen and oxygen atoms in total. The maximum absolute atomic E-state index is 13.2. The van der Waals surface area contributed by atoms with Gasteiger partial charge in [0.05, 0.1) is 18.1 Å². The van der Waals surface area contributed by atoms with Gasteiger partial charge in [0.1, 0.15) is 5.78 Å². The Bertz CT molecular complexity index is 1020. The third-order valence-corrected chi connectivity index (χ3v) is 6.12. The number of esters is 1. The lowest BCUT2D eigenvalue weighted by Crippen LogP contribution is -2.39. The van der Waals surface area contributed by atoms with E-state index in [4.69, 9.17) is 9.73 Å². The summed E-state index contributed by atoms with van der Waals surface area (Å²) in [6, 6.07) is 18.0. The van der Waals surface area contributed by atoms with Crippen LogP contribution in [0.5, 0.6) is 0 Å². The van der Waals surface area contributed by atoms with E-state index in [0.717, 1.165) is 35.2 Å². The molecule has 4 rings (SSSR count). The Kier molecular flexibility index (Phi) is 5.93. The summed E-state index contributed by atoms with van der Waals surface area (Å²) in [5, 5.41) is 0. The van der Waals surface area contributed by atoms with Gasteiger partial charge < -0.3 is 4.74 Å². The molecule has 1 fully saturated rings. The first-order valence-corrected chi connectivity index (χ1v) is 10.6. The normalized spacial score (nSPS) is 21.1. The number of fused-ring (bicyclic) bond motifs is 1. The van der Waals surface area contributed by atoms with Gasteiger partial charge in [-0.1, -0.05) is 54.6 Å². The molecular weight excluding hydrogens is 374 g/mol. The summed E-state index contributed by atoms with van der Waals surface area (Å²) in [7, 11) is 0. The number of hydrogen-bond donors (Lipinski definition) is 0. The van der Waals surface area contributed by atoms with Gasteiger partial charge in [-0.2, -0.15) is 0 Å². The summed E-state index contributed by atoms with van der Waals surface area (Å²) in [4.78, 5) is 30.9. The van der Waals surface area contributed by atoms with Crippen molar-refractivity contribution >= 4 is 17.5 Å². The minimum atomic E-state index is -0.363. The van der Waals surface area contributed by atoms with Crippen LogP contribution in [0.15, 0.2) is 70.9 Å². The van der Waals surface area contributed by atoms with Gasteiger partial charge in [-0.3, -0.25) is 9.79 Å². The van der Waals surface area contributed by atoms with Crippen LogP contribution in [-0.2, 0) is 20.7 Å². The molecule has 0 aromatic heterocycles. The predicted molar refractivity (Wildman–Crippen MR) is 118 cm³/mol. The van der Waals surface area contributed by atoms with Crippen LogP contribution < -0.4 is 0 Å². The molecule has 1 aliphatic heterocycles. The van der Waals surface area contributed by atoms with Crippen molar-refractivity contribution in [3.05, 3.63) is 82.6 Å². The number of aryl methyl sites for hydroxylation is 1. The topological polar surface area (TPSA) is 55.7 Å². The average Bonchev–Trinajstić information content (AvgIpc) is 2.74. The van der Waals surface area contributed by atoms with Crippen LogP contribution in [0.2, 0.25) is 0 Å². The number of carbonyl (C=O) groups excluding carboxylic acids is 2. The molecule has 1 heterocycles. The first-order valence-electron chi connectivity index (χ1n) is 10.6. The van der Waals surface area contributed by atoms with E-state index in [-0.39, 0.29) is 23.6 Å². The lowest BCUT2D eigenvalue weighted by molar-refractivity contribution is -0.139. The molecule has 30 heavy (non-hydrogen) atoms. The summed E-state index contributed by atoms with van der Waals surface area (Å²) >= 11 is 0. The molecule has 0 saturated heterocycles. The molecule has 0 spiro atoms. The zero-order valence-electron chi connectivity index (χ0n) is 17.6. The fourth-order valence-electron chi connectivity index (χ4n) is 4.64. The first kappa shape index (κ1) is 20.3. The zero-order valence-corrected chi connectivity index (χ0v) is 17.6. The van der Waals surface area contributed by atoms with Gasteiger partial charge in [-0.15, -0.1) is 0 Å². The lowest BCUT2D eigenvalue weighted by Gasteiger charge is -2.36. The fraction of sp³-hybridized carbons (Fsp3) is 0.346. The van der Waals surface area contributed by atoms with Gasteiger partial charge in [-0.25, -0.2) is 4.79 Å². The second-order valence-electron chi connectivity index (χ2n) is 8.11. The predicted octanol–water partition coefficient (Wildman–Crippen LogP) is 4.96. The number of nitrogens with zero attached hydrogens (tertiary/aromatic N) is 1. The number of hydrogen-bond acceptors (Lipinski definition) is 4. The SMILES string of the molecule is CC1=C(C(=O)OCCc2ccccc2)[C@@H](c2ccccc2C)C2C(=O)CCCC2=N1. The van der Waals surface area contributed by atoms with E-state index in [9.17, 15) is 9.59 Å². The van der Waals surface area contributed by atoms with E-state index in [1.165, 1.54) is 0 Å². The van der Waals surface area contributed by atoms with Crippen molar-refractivity contribution in [2.45, 2.75) is 45.4 Å². The fourth-order valence-corrected chi connectivity index (χ4v) is 4.64. The summed E-state index contributed by atoms with van der Waals surface area (Å²) in [5.74, 6) is -0.871. The van der Waals surface area contributed by atoms with Crippen molar-refractivity contribution in [3.63, 3.8) is 0 Å². The number of Topliss-reactive ketones (excluding diaryl/α,β-unsaturated/α-hetero) is 1. The molecule has 0 N–H and O–H groups in total. The van der Waals surface area contributed by atoms with Crippen molar-refractivity contribution in [3.8, 4) is 0 Å². The molecule has 2 aromatic carbocycles. The molecule has 1 saturated carbocycles. The summed E-state index contributed by atoms with van der Waals surface area (Å²) in [5.41, 5.74) is 5.33. The maximum Gasteiger partial charge on any atom is 0.336 e. The molecule has 154 valence electrons. The first-order chi connectivity index (χ1) is 14.6. The monoisotopic (exact) mass is 401 g/mol. The molecule has 4 heteroatoms. The summed E-state index contributed by atoms with van der Waals surface area (Å²) < 4.78 is 5.69. The van der Waals surface area contributed by atoms with Crippen LogP contribution >= 0.6 is 0 Å². The number of aliphatic imine (C=N–C) groups is 1. The lowest BCUT2D eigenvalue weighted by atomic mass is 9.69. The van der Waals surface area contributed by atoms with Gasteiger partial charge in [0.15, 0.2) is 0 Å². The highest BCUT2D eigenvalue weighted by atomic mass is 16.5. The molecule has 2 aromatic rings. The summed E-state index contributed by atoms with van der Waals surface area (Å²) in [6.45, 7) is 4.19. The number of rotatable bonds is 5. The van der Waals surface area contributed by atoms with Gasteiger partial charge in [0.2, 0.25) is 0 Å². The van der Waals surface area contributed by atoms with Gasteiger partial charge in [-0.05, 0) is 43.4 Å². The standard InChI is InChI=1S/C26H27NO3/c1-17-9-6-7-12-20(17)24-23(18(2)27-21-13-8-14-22(28)25(21)24)26(29)30-16-15-19-10-4-3-5-11-19/h3-7,9-12,24-25H,8,13-16H2,1-2H3/t24-,25?/m1/s1. The van der Waals surface area contributed by atoms with Crippen LogP contribution in [0.1, 0.15) is 48.8 Å². The molecule has 1 aliphatic carbocycles. The van der Waals surface area contributed by atoms with E-state index >= 15 is 0 Å². The number of benzene rings is 2. The number of ketones is 1. The van der Waals surface area contributed by atoms with Gasteiger partial charge >= 0.3 is 5.97 Å². The number of ether oxygens (including phenoxy) is 1. The van der Waals surface area contributed by atoms with E-state index in [2.05, 4.69) is 0 Å². The smallest absolute Gasteiger partial charge is 0.336 e. The Labute approximate surface area is 177 Å². The highest BCUT2D eigenvalue weighted by molar-refractivity contribution is 6.11. The highest BCUT2D eigenvalue weighted by Crippen LogP contribution is 2.43. The Morgan fingerprint density at radius 1 is 1.00 bits per heavy atom. The highest BCUT2D eigenvalue weighted by Gasteiger charge is 2.44. The third kappa shape index (κ3) is 4.00. The van der Waals surface area contributed by atoms with E-state index in [1.54, 1.807) is 0 Å². The molecule has 0 bridgehead atoms. The quantitative estimate of drug-likeness (QED) is 0.665. The van der Waals surface area contributed by atoms with Crippen molar-refractivity contribution in [1.82, 2.24) is 0 Å². The van der Waals surface area contributed by atoms with Gasteiger partial charge in [0, 0.05) is 30.2 Å². The van der Waals surface area contributed by atoms with Crippen molar-refractivity contribution in [2.24, 2.45) is 10.9 Å². The average molecular weight is 402 g/mol. The van der Waals surface area contributed by atoms with E-state index in [1.807, 2.05) is 68.4 Å².